The first kappa shape index (κ1) is 18.7. The molecule has 0 aromatic rings. The van der Waals surface area contributed by atoms with Crippen LogP contribution in [0.5, 0.6) is 0 Å². The average molecular weight is 315 g/mol. The van der Waals surface area contributed by atoms with E-state index in [-0.39, 0.29) is 12.4 Å². The molecule has 0 radical (unpaired) electrons. The molecule has 0 unspecified atom stereocenters. The third kappa shape index (κ3) is 9.58. The lowest BCUT2D eigenvalue weighted by Crippen LogP contribution is -2.41. The Morgan fingerprint density at radius 2 is 1.62 bits per heavy atom. The first-order chi connectivity index (χ1) is 6.94. The van der Waals surface area contributed by atoms with E-state index in [1.165, 1.54) is 0 Å². The molecule has 2 N–H and O–H groups in total. The molecule has 0 fully saturated rings. The Balaban J connectivity index is 0. The molecular weight excluding hydrogens is 301 g/mol. The van der Waals surface area contributed by atoms with E-state index in [2.05, 4.69) is 0 Å². The number of alkyl halides is 3. The highest BCUT2D eigenvalue weighted by molar-refractivity contribution is 7.30. The number of ether oxygens (including phenoxy) is 1. The third-order valence-electron chi connectivity index (χ3n) is 1.34. The minimum absolute atomic E-state index is 0.268. The maximum atomic E-state index is 10.9. The van der Waals surface area contributed by atoms with Crippen molar-refractivity contribution in [1.29, 1.82) is 0 Å². The Kier molecular flexibility index (Phi) is 8.94. The van der Waals surface area contributed by atoms with Crippen molar-refractivity contribution in [2.75, 3.05) is 0 Å². The van der Waals surface area contributed by atoms with Crippen molar-refractivity contribution in [1.82, 2.24) is 0 Å². The number of hydrogen-bond donors (Lipinski definition) is 2. The van der Waals surface area contributed by atoms with E-state index in [9.17, 15) is 4.79 Å². The SMILES string of the molecule is CCC(=O)OC(C)(C)C(Cl)(Cl)Cl.O=[P+](O)O. The molecule has 0 aromatic carbocycles. The van der Waals surface area contributed by atoms with Crippen molar-refractivity contribution in [2.24, 2.45) is 0 Å². The van der Waals surface area contributed by atoms with Crippen LogP contribution in [0.3, 0.4) is 0 Å². The second kappa shape index (κ2) is 7.64. The van der Waals surface area contributed by atoms with Crippen LogP contribution in [0, 0.1) is 0 Å². The predicted molar refractivity (Wildman–Crippen MR) is 62.8 cm³/mol. The lowest BCUT2D eigenvalue weighted by molar-refractivity contribution is -0.155. The summed E-state index contributed by atoms with van der Waals surface area (Å²) >= 11 is 16.7. The Labute approximate surface area is 110 Å². The molecule has 0 saturated carbocycles. The summed E-state index contributed by atoms with van der Waals surface area (Å²) in [6, 6.07) is 0. The molecule has 96 valence electrons. The molecule has 0 aliphatic rings. The Morgan fingerprint density at radius 1 is 1.31 bits per heavy atom. The second-order valence-electron chi connectivity index (χ2n) is 3.09. The first-order valence-corrected chi connectivity index (χ1v) is 6.37. The van der Waals surface area contributed by atoms with Crippen molar-refractivity contribution < 1.29 is 23.9 Å². The van der Waals surface area contributed by atoms with Crippen LogP contribution >= 0.6 is 43.1 Å². The molecule has 0 heterocycles. The van der Waals surface area contributed by atoms with Gasteiger partial charge in [-0.3, -0.25) is 4.79 Å². The molecule has 0 aliphatic carbocycles. The highest BCUT2D eigenvalue weighted by atomic mass is 35.6. The fourth-order valence-electron chi connectivity index (χ4n) is 0.415. The summed E-state index contributed by atoms with van der Waals surface area (Å²) in [5.41, 5.74) is -1.09. The Bertz CT molecular complexity index is 247. The van der Waals surface area contributed by atoms with Crippen LogP contribution in [0.4, 0.5) is 0 Å². The van der Waals surface area contributed by atoms with Gasteiger partial charge in [-0.1, -0.05) is 41.7 Å². The second-order valence-corrected chi connectivity index (χ2v) is 5.88. The summed E-state index contributed by atoms with van der Waals surface area (Å²) in [4.78, 5) is 25.1. The van der Waals surface area contributed by atoms with Crippen molar-refractivity contribution in [2.45, 2.75) is 36.6 Å². The Morgan fingerprint density at radius 3 is 1.81 bits per heavy atom. The van der Waals surface area contributed by atoms with Crippen LogP contribution in [0.25, 0.3) is 0 Å². The molecule has 0 atom stereocenters. The van der Waals surface area contributed by atoms with E-state index >= 15 is 0 Å². The smallest absolute Gasteiger partial charge is 0.455 e. The molecular formula is C7H13Cl3O5P+. The van der Waals surface area contributed by atoms with Gasteiger partial charge < -0.3 is 4.74 Å². The molecule has 9 heteroatoms. The van der Waals surface area contributed by atoms with E-state index in [4.69, 9.17) is 53.9 Å². The number of halogens is 3. The van der Waals surface area contributed by atoms with Crippen molar-refractivity contribution >= 4 is 49.0 Å². The van der Waals surface area contributed by atoms with Crippen LogP contribution < -0.4 is 0 Å². The van der Waals surface area contributed by atoms with Gasteiger partial charge >= 0.3 is 14.2 Å². The average Bonchev–Trinajstić information content (AvgIpc) is 1.99. The van der Waals surface area contributed by atoms with Crippen molar-refractivity contribution in [3.8, 4) is 0 Å². The molecule has 0 saturated heterocycles. The number of carbonyl (C=O) groups is 1. The molecule has 5 nitrogen and oxygen atoms in total. The van der Waals surface area contributed by atoms with E-state index < -0.39 is 17.6 Å². The van der Waals surface area contributed by atoms with Gasteiger partial charge in [0.1, 0.15) is 0 Å². The normalized spacial score (nSPS) is 11.2. The lowest BCUT2D eigenvalue weighted by Gasteiger charge is -2.31. The maximum Gasteiger partial charge on any atom is 0.692 e. The van der Waals surface area contributed by atoms with Gasteiger partial charge in [-0.15, -0.1) is 9.79 Å². The molecule has 0 rings (SSSR count). The molecule has 0 amide bonds. The van der Waals surface area contributed by atoms with E-state index in [0.29, 0.717) is 0 Å². The van der Waals surface area contributed by atoms with Gasteiger partial charge in [0.2, 0.25) is 3.79 Å². The number of carbonyl (C=O) groups excluding carboxylic acids is 1. The topological polar surface area (TPSA) is 83.8 Å². The van der Waals surface area contributed by atoms with Gasteiger partial charge in [-0.05, 0) is 13.8 Å². The lowest BCUT2D eigenvalue weighted by atomic mass is 10.2. The van der Waals surface area contributed by atoms with Crippen molar-refractivity contribution in [3.63, 3.8) is 0 Å². The highest BCUT2D eigenvalue weighted by Crippen LogP contribution is 2.40. The molecule has 16 heavy (non-hydrogen) atoms. The van der Waals surface area contributed by atoms with Gasteiger partial charge in [-0.2, -0.15) is 0 Å². The van der Waals surface area contributed by atoms with Gasteiger partial charge in [-0.25, -0.2) is 0 Å². The molecule has 0 bridgehead atoms. The Hall–Kier alpha value is 0.360. The summed E-state index contributed by atoms with van der Waals surface area (Å²) in [6.45, 7) is 4.78. The zero-order chi connectivity index (χ0) is 13.6. The van der Waals surface area contributed by atoms with Crippen LogP contribution in [0.1, 0.15) is 27.2 Å². The summed E-state index contributed by atoms with van der Waals surface area (Å²) < 4.78 is 12.0. The molecule has 0 aliphatic heterocycles. The van der Waals surface area contributed by atoms with Gasteiger partial charge in [0, 0.05) is 11.0 Å². The van der Waals surface area contributed by atoms with Gasteiger partial charge in [0.15, 0.2) is 5.60 Å². The summed E-state index contributed by atoms with van der Waals surface area (Å²) in [7, 11) is -2.87. The van der Waals surface area contributed by atoms with Gasteiger partial charge in [0.05, 0.1) is 0 Å². The van der Waals surface area contributed by atoms with E-state index in [1.807, 2.05) is 0 Å². The quantitative estimate of drug-likeness (QED) is 0.465. The van der Waals surface area contributed by atoms with Crippen molar-refractivity contribution in [3.05, 3.63) is 0 Å². The zero-order valence-corrected chi connectivity index (χ0v) is 12.1. The number of esters is 1. The predicted octanol–water partition coefficient (Wildman–Crippen LogP) is 2.72. The molecule has 0 aromatic heterocycles. The standard InChI is InChI=1S/C7H11Cl3O2.HO3P/c1-4-5(11)12-6(2,3)7(8,9)10;1-4(2)3/h4H2,1-3H3;(H-,1,2,3)/p+1. The van der Waals surface area contributed by atoms with Crippen LogP contribution in [0.15, 0.2) is 0 Å². The van der Waals surface area contributed by atoms with Crippen LogP contribution in [-0.2, 0) is 14.1 Å². The fraction of sp³-hybridized carbons (Fsp3) is 0.857. The number of rotatable bonds is 2. The first-order valence-electron chi connectivity index (χ1n) is 4.07. The third-order valence-corrected chi connectivity index (χ3v) is 2.71. The van der Waals surface area contributed by atoms with E-state index in [1.54, 1.807) is 20.8 Å². The largest absolute Gasteiger partial charge is 0.692 e. The highest BCUT2D eigenvalue weighted by Gasteiger charge is 2.43. The van der Waals surface area contributed by atoms with Crippen LogP contribution in [-0.4, -0.2) is 25.1 Å². The minimum Gasteiger partial charge on any atom is -0.455 e. The maximum absolute atomic E-state index is 10.9. The summed E-state index contributed by atoms with van der Waals surface area (Å²) in [5.74, 6) is -0.383. The summed E-state index contributed by atoms with van der Waals surface area (Å²) in [5, 5.41) is 0. The zero-order valence-electron chi connectivity index (χ0n) is 8.91. The van der Waals surface area contributed by atoms with Gasteiger partial charge in [0.25, 0.3) is 0 Å². The molecule has 0 spiro atoms. The van der Waals surface area contributed by atoms with Crippen LogP contribution in [0.2, 0.25) is 0 Å². The van der Waals surface area contributed by atoms with E-state index in [0.717, 1.165) is 0 Å². The minimum atomic E-state index is -2.87. The summed E-state index contributed by atoms with van der Waals surface area (Å²) in [6.07, 6.45) is 0.268. The monoisotopic (exact) mass is 313 g/mol. The fourth-order valence-corrected chi connectivity index (χ4v) is 0.530. The number of hydrogen-bond acceptors (Lipinski definition) is 3.